The molecule has 32 heteroatoms. The Kier molecular flexibility index (Phi) is 31.5. The summed E-state index contributed by atoms with van der Waals surface area (Å²) >= 11 is 0. The van der Waals surface area contributed by atoms with Crippen LogP contribution < -0.4 is 20.3 Å². The minimum absolute atomic E-state index is 0.0154. The first-order valence-electron chi connectivity index (χ1n) is 27.2. The van der Waals surface area contributed by atoms with Crippen molar-refractivity contribution in [3.05, 3.63) is 36.4 Å². The molecule has 15 atom stereocenters. The molecule has 0 saturated carbocycles. The van der Waals surface area contributed by atoms with E-state index in [-0.39, 0.29) is 50.9 Å². The summed E-state index contributed by atoms with van der Waals surface area (Å²) in [7, 11) is 0.0748. The molecule has 2 aromatic rings. The Labute approximate surface area is 480 Å². The van der Waals surface area contributed by atoms with E-state index in [1.165, 1.54) is 0 Å². The van der Waals surface area contributed by atoms with Crippen molar-refractivity contribution in [2.45, 2.75) is 103 Å². The van der Waals surface area contributed by atoms with Gasteiger partial charge in [-0.05, 0) is 12.1 Å². The highest BCUT2D eigenvalue weighted by atomic mass is 32.2. The van der Waals surface area contributed by atoms with E-state index in [2.05, 4.69) is 15.4 Å². The van der Waals surface area contributed by atoms with Crippen LogP contribution in [0.1, 0.15) is 6.42 Å². The number of sulfonamides is 1. The Bertz CT molecular complexity index is 2280. The van der Waals surface area contributed by atoms with Crippen molar-refractivity contribution in [1.82, 2.24) is 15.4 Å². The van der Waals surface area contributed by atoms with E-state index >= 15 is 0 Å². The second kappa shape index (κ2) is 37.2. The molecule has 3 aliphatic rings. The molecule has 0 radical (unpaired) electrons. The fraction of sp³-hybridized carbons (Fsp3) is 0.765. The van der Waals surface area contributed by atoms with Gasteiger partial charge in [0.25, 0.3) is 0 Å². The Hall–Kier alpha value is -3.57. The first kappa shape index (κ1) is 70.2. The van der Waals surface area contributed by atoms with Crippen LogP contribution in [-0.2, 0) is 81.2 Å². The quantitative estimate of drug-likeness (QED) is 0.0276. The monoisotopic (exact) mass is 1220 g/mol. The van der Waals surface area contributed by atoms with Gasteiger partial charge in [-0.25, -0.2) is 13.1 Å². The second-order valence-electron chi connectivity index (χ2n) is 19.3. The van der Waals surface area contributed by atoms with Crippen LogP contribution in [0.2, 0.25) is 0 Å². The lowest BCUT2D eigenvalue weighted by molar-refractivity contribution is -0.374. The fourth-order valence-electron chi connectivity index (χ4n) is 8.67. The summed E-state index contributed by atoms with van der Waals surface area (Å²) < 4.78 is 100. The van der Waals surface area contributed by atoms with Crippen LogP contribution in [0.3, 0.4) is 0 Å². The zero-order chi connectivity index (χ0) is 60.3. The van der Waals surface area contributed by atoms with Gasteiger partial charge in [0.2, 0.25) is 21.8 Å². The van der Waals surface area contributed by atoms with Gasteiger partial charge in [-0.1, -0.05) is 24.3 Å². The number of carbonyl (C=O) groups excluding carboxylic acids is 2. The van der Waals surface area contributed by atoms with Crippen LogP contribution in [0.25, 0.3) is 10.8 Å². The van der Waals surface area contributed by atoms with E-state index in [0.29, 0.717) is 78.1 Å². The predicted molar refractivity (Wildman–Crippen MR) is 285 cm³/mol. The number of amides is 2. The van der Waals surface area contributed by atoms with E-state index in [4.69, 9.17) is 61.6 Å². The van der Waals surface area contributed by atoms with E-state index in [1.54, 1.807) is 18.2 Å². The molecule has 31 nitrogen and oxygen atoms in total. The first-order valence-corrected chi connectivity index (χ1v) is 28.6. The minimum Gasteiger partial charge on any atom is -0.394 e. The normalized spacial score (nSPS) is 28.6. The van der Waals surface area contributed by atoms with Gasteiger partial charge in [0.15, 0.2) is 18.8 Å². The van der Waals surface area contributed by atoms with E-state index in [0.717, 1.165) is 11.1 Å². The molecule has 2 aromatic carbocycles. The SMILES string of the molecule is CN(C)c1cccc2c(S(=O)(=O)NCCOCCOCCOCCOCCOCCOCCOCCOCCC(=O)NCC(=O)N[C@H]3O[C@H](CO)[C@@H](O)[C@H](O)[C@H]3O[C@H]3O[C@H](CO)[C@@H](O)[C@H](O[C@@H]4O[C@@H](CO)[C@H](O)[C@@H](O)[C@@H]4O)[C@H]3O)cccc12. The highest BCUT2D eigenvalue weighted by Gasteiger charge is 2.54. The van der Waals surface area contributed by atoms with Crippen molar-refractivity contribution >= 4 is 38.3 Å². The van der Waals surface area contributed by atoms with Gasteiger partial charge in [0.1, 0.15) is 73.2 Å². The number of anilines is 1. The molecule has 3 saturated heterocycles. The van der Waals surface area contributed by atoms with Gasteiger partial charge >= 0.3 is 0 Å². The van der Waals surface area contributed by atoms with E-state index < -0.39 is 140 Å². The van der Waals surface area contributed by atoms with Gasteiger partial charge < -0.3 is 128 Å². The zero-order valence-electron chi connectivity index (χ0n) is 46.4. The number of rotatable bonds is 40. The number of hydrogen-bond acceptors (Lipinski definition) is 28. The largest absolute Gasteiger partial charge is 0.394 e. The molecule has 5 rings (SSSR count). The Morgan fingerprint density at radius 1 is 0.506 bits per heavy atom. The van der Waals surface area contributed by atoms with Crippen molar-refractivity contribution < 1.29 is 131 Å². The average Bonchev–Trinajstić information content (AvgIpc) is 3.51. The molecule has 0 aromatic heterocycles. The molecular formula is C51H84N4O27S. The predicted octanol–water partition coefficient (Wildman–Crippen LogP) is -6.61. The number of aliphatic hydroxyl groups excluding tert-OH is 10. The maximum atomic E-state index is 13.0. The summed E-state index contributed by atoms with van der Waals surface area (Å²) in [4.78, 5) is 27.6. The topological polar surface area (TPSA) is 430 Å². The number of ether oxygens (including phenoxy) is 13. The Balaban J connectivity index is 0.820. The maximum Gasteiger partial charge on any atom is 0.241 e. The van der Waals surface area contributed by atoms with Gasteiger partial charge in [-0.15, -0.1) is 0 Å². The van der Waals surface area contributed by atoms with Crippen LogP contribution in [0, 0.1) is 0 Å². The molecule has 13 N–H and O–H groups in total. The summed E-state index contributed by atoms with van der Waals surface area (Å²) in [5, 5.41) is 110. The Morgan fingerprint density at radius 2 is 0.952 bits per heavy atom. The zero-order valence-corrected chi connectivity index (χ0v) is 47.3. The van der Waals surface area contributed by atoms with Crippen LogP contribution in [0.15, 0.2) is 41.3 Å². The number of fused-ring (bicyclic) bond motifs is 1. The van der Waals surface area contributed by atoms with Crippen molar-refractivity contribution in [1.29, 1.82) is 0 Å². The minimum atomic E-state index is -3.74. The van der Waals surface area contributed by atoms with Gasteiger partial charge in [-0.2, -0.15) is 0 Å². The number of carbonyl (C=O) groups is 2. The molecular weight excluding hydrogens is 1130 g/mol. The van der Waals surface area contributed by atoms with E-state index in [9.17, 15) is 69.1 Å². The van der Waals surface area contributed by atoms with Crippen LogP contribution in [0.5, 0.6) is 0 Å². The molecule has 0 bridgehead atoms. The van der Waals surface area contributed by atoms with Crippen LogP contribution >= 0.6 is 0 Å². The number of nitrogens with one attached hydrogen (secondary N) is 3. The lowest BCUT2D eigenvalue weighted by Crippen LogP contribution is -2.68. The fourth-order valence-corrected chi connectivity index (χ4v) is 9.91. The highest BCUT2D eigenvalue weighted by molar-refractivity contribution is 7.89. The Morgan fingerprint density at radius 3 is 1.48 bits per heavy atom. The highest BCUT2D eigenvalue weighted by Crippen LogP contribution is 2.33. The van der Waals surface area contributed by atoms with Gasteiger partial charge in [-0.3, -0.25) is 9.59 Å². The molecule has 3 fully saturated rings. The summed E-state index contributed by atoms with van der Waals surface area (Å²) in [6, 6.07) is 10.8. The molecule has 3 heterocycles. The smallest absolute Gasteiger partial charge is 0.241 e. The lowest BCUT2D eigenvalue weighted by atomic mass is 9.96. The lowest BCUT2D eigenvalue weighted by Gasteiger charge is -2.48. The molecule has 83 heavy (non-hydrogen) atoms. The number of aliphatic hydroxyl groups is 10. The van der Waals surface area contributed by atoms with Crippen molar-refractivity contribution in [2.75, 3.05) is 158 Å². The van der Waals surface area contributed by atoms with Crippen LogP contribution in [-0.4, -0.2) is 316 Å². The standard InChI is InChI=1S/C51H84N4O27S/c1-55(2)33-7-3-6-32-31(33)5-4-8-37(32)83(68,69)53-10-12-71-14-16-73-18-20-75-22-24-77-26-25-76-23-21-74-19-17-72-15-13-70-11-9-38(59)52-27-39(60)54-49-48(44(65)41(62)34(28-56)78-49)82-51-46(67)47(42(63)36(30-58)80-51)81-50-45(66)43(64)40(61)35(29-57)79-50/h3-8,34-36,40-51,53,56-58,61-67H,9-30H2,1-2H3,(H,52,59)(H,54,60)/t34-,35+,36-,40+,41-,42-,43-,44+,45+,46-,47+,48-,49+,50+,51-/m1/s1. The summed E-state index contributed by atoms with van der Waals surface area (Å²) in [5.74, 6) is -1.46. The second-order valence-corrected chi connectivity index (χ2v) is 21.0. The molecule has 476 valence electrons. The molecule has 0 aliphatic carbocycles. The first-order chi connectivity index (χ1) is 39.9. The molecule has 2 amide bonds. The number of hydrogen-bond donors (Lipinski definition) is 13. The molecule has 0 spiro atoms. The summed E-state index contributed by atoms with van der Waals surface area (Å²) in [6.07, 6.45) is -26.9. The third-order valence-corrected chi connectivity index (χ3v) is 14.6. The third kappa shape index (κ3) is 22.0. The average molecular weight is 1220 g/mol. The third-order valence-electron chi connectivity index (χ3n) is 13.1. The number of benzene rings is 2. The summed E-state index contributed by atoms with van der Waals surface area (Å²) in [6.45, 7) is 1.65. The van der Waals surface area contributed by atoms with Gasteiger partial charge in [0, 0.05) is 43.5 Å². The van der Waals surface area contributed by atoms with Crippen LogP contribution in [0.4, 0.5) is 5.69 Å². The van der Waals surface area contributed by atoms with Crippen molar-refractivity contribution in [3.63, 3.8) is 0 Å². The van der Waals surface area contributed by atoms with Crippen molar-refractivity contribution in [3.8, 4) is 0 Å². The van der Waals surface area contributed by atoms with Gasteiger partial charge in [0.05, 0.1) is 137 Å². The van der Waals surface area contributed by atoms with E-state index in [1.807, 2.05) is 37.2 Å². The maximum absolute atomic E-state index is 13.0. The number of nitrogens with zero attached hydrogens (tertiary/aromatic N) is 1. The molecule has 3 aliphatic heterocycles. The van der Waals surface area contributed by atoms with Crippen molar-refractivity contribution in [2.24, 2.45) is 0 Å². The summed E-state index contributed by atoms with van der Waals surface area (Å²) in [5.41, 5.74) is 0.928. The molecule has 0 unspecified atom stereocenters.